The van der Waals surface area contributed by atoms with Crippen molar-refractivity contribution in [3.05, 3.63) is 113 Å². The minimum absolute atomic E-state index is 0.152. The Kier molecular flexibility index (Phi) is 7.61. The maximum absolute atomic E-state index is 13.6. The maximum atomic E-state index is 13.6. The van der Waals surface area contributed by atoms with E-state index >= 15 is 0 Å². The van der Waals surface area contributed by atoms with Crippen molar-refractivity contribution in [1.29, 1.82) is 0 Å². The van der Waals surface area contributed by atoms with Crippen LogP contribution < -0.4 is 10.2 Å². The molecule has 0 heterocycles. The number of nitrogens with one attached hydrogen (secondary N) is 1. The smallest absolute Gasteiger partial charge is 0.249 e. The lowest BCUT2D eigenvalue weighted by molar-refractivity contribution is -0.127. The highest BCUT2D eigenvalue weighted by Crippen LogP contribution is 2.20. The lowest BCUT2D eigenvalue weighted by Gasteiger charge is -2.27. The fourth-order valence-electron chi connectivity index (χ4n) is 4.10. The number of halogens is 1. The predicted octanol–water partition coefficient (Wildman–Crippen LogP) is 5.82. The molecule has 34 heavy (non-hydrogen) atoms. The summed E-state index contributed by atoms with van der Waals surface area (Å²) in [4.78, 5) is 28.3. The zero-order chi connectivity index (χ0) is 23.9. The topological polar surface area (TPSA) is 49.4 Å². The third kappa shape index (κ3) is 5.83. The SMILES string of the molecule is CCN(C(=O)[C@H](Cc1ccccc1)NC(=O)Cc1ccc2ccccc2c1)c1ccc(Cl)cc1. The molecule has 0 saturated heterocycles. The van der Waals surface area contributed by atoms with Crippen LogP contribution in [0.5, 0.6) is 0 Å². The second kappa shape index (κ2) is 11.0. The van der Waals surface area contributed by atoms with Crippen molar-refractivity contribution in [3.8, 4) is 0 Å². The number of hydrogen-bond donors (Lipinski definition) is 1. The molecule has 0 radical (unpaired) electrons. The first-order valence-electron chi connectivity index (χ1n) is 11.4. The molecule has 2 amide bonds. The van der Waals surface area contributed by atoms with E-state index in [9.17, 15) is 9.59 Å². The first-order chi connectivity index (χ1) is 16.5. The van der Waals surface area contributed by atoms with Crippen LogP contribution in [0.25, 0.3) is 10.8 Å². The van der Waals surface area contributed by atoms with Crippen LogP contribution in [0.3, 0.4) is 0 Å². The number of likely N-dealkylation sites (N-methyl/N-ethyl adjacent to an activating group) is 1. The summed E-state index contributed by atoms with van der Waals surface area (Å²) in [6.45, 7) is 2.40. The van der Waals surface area contributed by atoms with Gasteiger partial charge >= 0.3 is 0 Å². The molecule has 1 N–H and O–H groups in total. The third-order valence-electron chi connectivity index (χ3n) is 5.82. The molecule has 5 heteroatoms. The summed E-state index contributed by atoms with van der Waals surface area (Å²) >= 11 is 6.03. The Morgan fingerprint density at radius 1 is 0.824 bits per heavy atom. The highest BCUT2D eigenvalue weighted by Gasteiger charge is 2.26. The number of benzene rings is 4. The molecule has 4 aromatic carbocycles. The van der Waals surface area contributed by atoms with Crippen LogP contribution in [0.4, 0.5) is 5.69 Å². The van der Waals surface area contributed by atoms with Gasteiger partial charge in [-0.3, -0.25) is 9.59 Å². The van der Waals surface area contributed by atoms with Crippen molar-refractivity contribution in [3.63, 3.8) is 0 Å². The van der Waals surface area contributed by atoms with Gasteiger partial charge in [-0.15, -0.1) is 0 Å². The number of anilines is 1. The fraction of sp³-hybridized carbons (Fsp3) is 0.172. The van der Waals surface area contributed by atoms with Crippen LogP contribution in [0.1, 0.15) is 18.1 Å². The largest absolute Gasteiger partial charge is 0.344 e. The van der Waals surface area contributed by atoms with Gasteiger partial charge in [-0.1, -0.05) is 84.4 Å². The van der Waals surface area contributed by atoms with E-state index in [-0.39, 0.29) is 18.2 Å². The summed E-state index contributed by atoms with van der Waals surface area (Å²) in [5.74, 6) is -0.336. The second-order valence-electron chi connectivity index (χ2n) is 8.23. The third-order valence-corrected chi connectivity index (χ3v) is 6.07. The van der Waals surface area contributed by atoms with Gasteiger partial charge in [0.2, 0.25) is 11.8 Å². The highest BCUT2D eigenvalue weighted by atomic mass is 35.5. The van der Waals surface area contributed by atoms with Crippen molar-refractivity contribution >= 4 is 39.9 Å². The monoisotopic (exact) mass is 470 g/mol. The second-order valence-corrected chi connectivity index (χ2v) is 8.66. The van der Waals surface area contributed by atoms with Crippen molar-refractivity contribution in [2.24, 2.45) is 0 Å². The summed E-state index contributed by atoms with van der Waals surface area (Å²) in [6.07, 6.45) is 0.615. The van der Waals surface area contributed by atoms with E-state index in [2.05, 4.69) is 5.32 Å². The van der Waals surface area contributed by atoms with Crippen LogP contribution in [0.15, 0.2) is 97.1 Å². The summed E-state index contributed by atoms with van der Waals surface area (Å²) in [7, 11) is 0. The van der Waals surface area contributed by atoms with Gasteiger partial charge in [-0.05, 0) is 53.1 Å². The maximum Gasteiger partial charge on any atom is 0.249 e. The predicted molar refractivity (Wildman–Crippen MR) is 139 cm³/mol. The van der Waals surface area contributed by atoms with Crippen LogP contribution >= 0.6 is 11.6 Å². The van der Waals surface area contributed by atoms with E-state index < -0.39 is 6.04 Å². The highest BCUT2D eigenvalue weighted by molar-refractivity contribution is 6.30. The summed E-state index contributed by atoms with van der Waals surface area (Å²) < 4.78 is 0. The van der Waals surface area contributed by atoms with E-state index in [1.807, 2.05) is 91.9 Å². The van der Waals surface area contributed by atoms with Gasteiger partial charge in [-0.25, -0.2) is 0 Å². The van der Waals surface area contributed by atoms with Gasteiger partial charge in [0.15, 0.2) is 0 Å². The van der Waals surface area contributed by atoms with E-state index in [1.54, 1.807) is 17.0 Å². The van der Waals surface area contributed by atoms with Crippen molar-refractivity contribution in [2.75, 3.05) is 11.4 Å². The van der Waals surface area contributed by atoms with Crippen LogP contribution in [0, 0.1) is 0 Å². The molecule has 0 aliphatic heterocycles. The Morgan fingerprint density at radius 3 is 2.21 bits per heavy atom. The standard InChI is InChI=1S/C29H27ClN2O2/c1-2-32(26-16-14-25(30)15-17-26)29(34)27(19-21-8-4-3-5-9-21)31-28(33)20-22-12-13-23-10-6-7-11-24(23)18-22/h3-18,27H,2,19-20H2,1H3,(H,31,33)/t27-/m0/s1. The van der Waals surface area contributed by atoms with Crippen LogP contribution in [-0.4, -0.2) is 24.4 Å². The number of carbonyl (C=O) groups is 2. The average molecular weight is 471 g/mol. The summed E-state index contributed by atoms with van der Waals surface area (Å²) in [6, 6.07) is 30.3. The molecule has 4 aromatic rings. The van der Waals surface area contributed by atoms with E-state index in [0.717, 1.165) is 27.6 Å². The molecule has 0 aromatic heterocycles. The van der Waals surface area contributed by atoms with Crippen LogP contribution in [0.2, 0.25) is 5.02 Å². The van der Waals surface area contributed by atoms with E-state index in [0.29, 0.717) is 18.0 Å². The zero-order valence-corrected chi connectivity index (χ0v) is 19.8. The number of rotatable bonds is 8. The molecule has 0 saturated carbocycles. The number of nitrogens with zero attached hydrogens (tertiary/aromatic N) is 1. The molecular formula is C29H27ClN2O2. The number of carbonyl (C=O) groups excluding carboxylic acids is 2. The molecule has 0 unspecified atom stereocenters. The van der Waals surface area contributed by atoms with E-state index in [1.165, 1.54) is 0 Å². The molecule has 0 spiro atoms. The van der Waals surface area contributed by atoms with Crippen molar-refractivity contribution in [1.82, 2.24) is 5.32 Å². The molecular weight excluding hydrogens is 444 g/mol. The summed E-state index contributed by atoms with van der Waals surface area (Å²) in [5, 5.41) is 5.83. The van der Waals surface area contributed by atoms with Gasteiger partial charge in [0, 0.05) is 23.7 Å². The zero-order valence-electron chi connectivity index (χ0n) is 19.1. The quantitative estimate of drug-likeness (QED) is 0.353. The molecule has 0 aliphatic carbocycles. The summed E-state index contributed by atoms with van der Waals surface area (Å²) in [5.41, 5.74) is 2.64. The average Bonchev–Trinajstić information content (AvgIpc) is 2.85. The van der Waals surface area contributed by atoms with Crippen molar-refractivity contribution in [2.45, 2.75) is 25.8 Å². The molecule has 0 aliphatic rings. The number of amides is 2. The van der Waals surface area contributed by atoms with Gasteiger partial charge in [0.1, 0.15) is 6.04 Å². The molecule has 4 nitrogen and oxygen atoms in total. The Balaban J connectivity index is 1.55. The Labute approximate surface area is 205 Å². The fourth-order valence-corrected chi connectivity index (χ4v) is 4.23. The Bertz CT molecular complexity index is 1270. The lowest BCUT2D eigenvalue weighted by atomic mass is 10.0. The molecule has 172 valence electrons. The number of fused-ring (bicyclic) bond motifs is 1. The first-order valence-corrected chi connectivity index (χ1v) is 11.8. The minimum Gasteiger partial charge on any atom is -0.344 e. The number of hydrogen-bond acceptors (Lipinski definition) is 2. The van der Waals surface area contributed by atoms with Gasteiger partial charge in [0.25, 0.3) is 0 Å². The van der Waals surface area contributed by atoms with Gasteiger partial charge < -0.3 is 10.2 Å². The van der Waals surface area contributed by atoms with Gasteiger partial charge in [-0.2, -0.15) is 0 Å². The van der Waals surface area contributed by atoms with Crippen molar-refractivity contribution < 1.29 is 9.59 Å². The van der Waals surface area contributed by atoms with Crippen LogP contribution in [-0.2, 0) is 22.4 Å². The van der Waals surface area contributed by atoms with Gasteiger partial charge in [0.05, 0.1) is 6.42 Å². The van der Waals surface area contributed by atoms with E-state index in [4.69, 9.17) is 11.6 Å². The molecule has 4 rings (SSSR count). The lowest BCUT2D eigenvalue weighted by Crippen LogP contribution is -2.50. The first kappa shape index (κ1) is 23.5. The Morgan fingerprint density at radius 2 is 1.50 bits per heavy atom. The molecule has 0 fully saturated rings. The Hall–Kier alpha value is -3.63. The molecule has 1 atom stereocenters. The minimum atomic E-state index is -0.689. The normalized spacial score (nSPS) is 11.7. The molecule has 0 bridgehead atoms.